The molecule has 2 fully saturated rings. The lowest BCUT2D eigenvalue weighted by molar-refractivity contribution is -0.126. The van der Waals surface area contributed by atoms with E-state index in [0.717, 1.165) is 12.8 Å². The molecular formula is C18H22ClN3O4S. The number of hydrogen-bond acceptors (Lipinski definition) is 6. The normalized spacial score (nSPS) is 24.4. The van der Waals surface area contributed by atoms with Crippen LogP contribution in [0.25, 0.3) is 0 Å². The first-order valence-corrected chi connectivity index (χ1v) is 10.8. The molecule has 2 saturated heterocycles. The van der Waals surface area contributed by atoms with Gasteiger partial charge in [-0.1, -0.05) is 23.7 Å². The first kappa shape index (κ1) is 20.1. The van der Waals surface area contributed by atoms with Crippen LogP contribution >= 0.6 is 11.6 Å². The van der Waals surface area contributed by atoms with Gasteiger partial charge in [-0.05, 0) is 31.4 Å². The third kappa shape index (κ3) is 4.27. The van der Waals surface area contributed by atoms with E-state index in [9.17, 15) is 13.2 Å². The van der Waals surface area contributed by atoms with Gasteiger partial charge in [0.25, 0.3) is 0 Å². The topological polar surface area (TPSA) is 99.5 Å². The number of rotatable bonds is 5. The van der Waals surface area contributed by atoms with Crippen LogP contribution < -0.4 is 5.32 Å². The first-order valence-electron chi connectivity index (χ1n) is 8.91. The molecule has 2 aliphatic rings. The van der Waals surface area contributed by atoms with E-state index < -0.39 is 21.1 Å². The molecule has 1 N–H and O–H groups in total. The van der Waals surface area contributed by atoms with Gasteiger partial charge in [0.2, 0.25) is 5.91 Å². The number of likely N-dealkylation sites (tertiary alicyclic amines) is 1. The van der Waals surface area contributed by atoms with Gasteiger partial charge in [-0.3, -0.25) is 9.69 Å². The largest absolute Gasteiger partial charge is 0.381 e. The maximum atomic E-state index is 13.1. The Morgan fingerprint density at radius 1 is 1.33 bits per heavy atom. The van der Waals surface area contributed by atoms with Gasteiger partial charge in [0, 0.05) is 25.8 Å². The second kappa shape index (κ2) is 8.57. The molecule has 0 radical (unpaired) electrons. The van der Waals surface area contributed by atoms with Crippen molar-refractivity contribution in [1.82, 2.24) is 10.2 Å². The van der Waals surface area contributed by atoms with Crippen LogP contribution in [0.15, 0.2) is 29.2 Å². The highest BCUT2D eigenvalue weighted by Crippen LogP contribution is 2.34. The summed E-state index contributed by atoms with van der Waals surface area (Å²) >= 11 is 6.12. The third-order valence-corrected chi connectivity index (χ3v) is 7.82. The van der Waals surface area contributed by atoms with Crippen molar-refractivity contribution in [1.29, 1.82) is 5.26 Å². The van der Waals surface area contributed by atoms with Crippen LogP contribution in [0, 0.1) is 11.3 Å². The molecule has 3 rings (SSSR count). The molecular weight excluding hydrogens is 390 g/mol. The number of nitriles is 1. The molecule has 0 aromatic heterocycles. The zero-order chi connectivity index (χ0) is 19.4. The molecule has 0 saturated carbocycles. The minimum Gasteiger partial charge on any atom is -0.381 e. The van der Waals surface area contributed by atoms with Crippen molar-refractivity contribution in [2.45, 2.75) is 41.5 Å². The zero-order valence-electron chi connectivity index (χ0n) is 14.8. The van der Waals surface area contributed by atoms with Gasteiger partial charge in [-0.15, -0.1) is 0 Å². The van der Waals surface area contributed by atoms with E-state index in [1.54, 1.807) is 18.2 Å². The van der Waals surface area contributed by atoms with Crippen LogP contribution in [0.1, 0.15) is 19.3 Å². The van der Waals surface area contributed by atoms with Gasteiger partial charge in [0.1, 0.15) is 6.54 Å². The number of ether oxygens (including phenoxy) is 1. The summed E-state index contributed by atoms with van der Waals surface area (Å²) in [5.41, 5.74) is 0. The van der Waals surface area contributed by atoms with Gasteiger partial charge in [0.15, 0.2) is 9.84 Å². The van der Waals surface area contributed by atoms with E-state index >= 15 is 0 Å². The second-order valence-electron chi connectivity index (χ2n) is 6.77. The summed E-state index contributed by atoms with van der Waals surface area (Å²) < 4.78 is 31.7. The van der Waals surface area contributed by atoms with E-state index in [1.807, 2.05) is 11.0 Å². The molecule has 0 spiro atoms. The highest BCUT2D eigenvalue weighted by molar-refractivity contribution is 7.92. The average molecular weight is 412 g/mol. The molecule has 27 heavy (non-hydrogen) atoms. The lowest BCUT2D eigenvalue weighted by atomic mass is 10.1. The van der Waals surface area contributed by atoms with Crippen molar-refractivity contribution >= 4 is 27.3 Å². The number of amides is 1. The molecule has 7 nitrogen and oxygen atoms in total. The molecule has 2 atom stereocenters. The maximum Gasteiger partial charge on any atom is 0.238 e. The fourth-order valence-corrected chi connectivity index (χ4v) is 6.05. The van der Waals surface area contributed by atoms with E-state index in [2.05, 4.69) is 5.32 Å². The van der Waals surface area contributed by atoms with E-state index in [-0.39, 0.29) is 41.4 Å². The summed E-state index contributed by atoms with van der Waals surface area (Å²) in [6.07, 6.45) is 1.68. The number of benzene rings is 1. The Hall–Kier alpha value is -1.66. The minimum absolute atomic E-state index is 0.0861. The number of nitrogens with one attached hydrogen (secondary N) is 1. The molecule has 0 bridgehead atoms. The highest BCUT2D eigenvalue weighted by Gasteiger charge is 2.46. The monoisotopic (exact) mass is 411 g/mol. The molecule has 1 aromatic rings. The summed E-state index contributed by atoms with van der Waals surface area (Å²) in [5.74, 6) is -0.306. The lowest BCUT2D eigenvalue weighted by Crippen LogP contribution is -2.49. The Kier molecular flexibility index (Phi) is 6.37. The molecule has 1 aromatic carbocycles. The number of halogens is 1. The number of hydrogen-bond donors (Lipinski definition) is 1. The Balaban J connectivity index is 1.86. The number of carbonyl (C=O) groups is 1. The van der Waals surface area contributed by atoms with E-state index in [0.29, 0.717) is 13.2 Å². The van der Waals surface area contributed by atoms with Crippen molar-refractivity contribution in [3.63, 3.8) is 0 Å². The summed E-state index contributed by atoms with van der Waals surface area (Å²) in [7, 11) is -3.68. The van der Waals surface area contributed by atoms with Gasteiger partial charge in [-0.25, -0.2) is 8.42 Å². The highest BCUT2D eigenvalue weighted by atomic mass is 35.5. The van der Waals surface area contributed by atoms with E-state index in [1.165, 1.54) is 6.07 Å². The van der Waals surface area contributed by atoms with E-state index in [4.69, 9.17) is 21.6 Å². The van der Waals surface area contributed by atoms with Crippen molar-refractivity contribution < 1.29 is 17.9 Å². The van der Waals surface area contributed by atoms with Crippen LogP contribution in [0.5, 0.6) is 0 Å². The van der Waals surface area contributed by atoms with Crippen LogP contribution in [-0.4, -0.2) is 62.9 Å². The molecule has 146 valence electrons. The number of nitrogens with zero attached hydrogens (tertiary/aromatic N) is 2. The smallest absolute Gasteiger partial charge is 0.238 e. The maximum absolute atomic E-state index is 13.1. The molecule has 2 heterocycles. The molecule has 1 amide bonds. The van der Waals surface area contributed by atoms with Crippen molar-refractivity contribution in [2.75, 3.05) is 26.3 Å². The quantitative estimate of drug-likeness (QED) is 0.734. The fraction of sp³-hybridized carbons (Fsp3) is 0.556. The zero-order valence-corrected chi connectivity index (χ0v) is 16.4. The van der Waals surface area contributed by atoms with Crippen LogP contribution in [0.3, 0.4) is 0 Å². The number of carbonyl (C=O) groups excluding carboxylic acids is 1. The van der Waals surface area contributed by atoms with Crippen molar-refractivity contribution in [3.8, 4) is 6.07 Å². The average Bonchev–Trinajstić information content (AvgIpc) is 3.13. The predicted molar refractivity (Wildman–Crippen MR) is 100 cm³/mol. The van der Waals surface area contributed by atoms with Crippen LogP contribution in [0.2, 0.25) is 5.02 Å². The van der Waals surface area contributed by atoms with Crippen LogP contribution in [0.4, 0.5) is 0 Å². The molecule has 2 aliphatic heterocycles. The van der Waals surface area contributed by atoms with Gasteiger partial charge >= 0.3 is 0 Å². The first-order chi connectivity index (χ1) is 12.9. The predicted octanol–water partition coefficient (Wildman–Crippen LogP) is 1.38. The summed E-state index contributed by atoms with van der Waals surface area (Å²) in [5, 5.41) is 10.8. The standard InChI is InChI=1S/C18H22ClN3O4S/c19-15-3-1-2-4-17(15)27(24,25)14-11-16(18(23)21-8-7-20)22(12-14)13-5-9-26-10-6-13/h1-4,13-14,16H,5-6,8-12H2,(H,21,23)/t14-,16+/m1/s1. The van der Waals surface area contributed by atoms with Gasteiger partial charge in [0.05, 0.1) is 27.3 Å². The lowest BCUT2D eigenvalue weighted by Gasteiger charge is -2.34. The van der Waals surface area contributed by atoms with Crippen molar-refractivity contribution in [3.05, 3.63) is 29.3 Å². The van der Waals surface area contributed by atoms with Crippen molar-refractivity contribution in [2.24, 2.45) is 0 Å². The Morgan fingerprint density at radius 2 is 2.04 bits per heavy atom. The summed E-state index contributed by atoms with van der Waals surface area (Å²) in [6.45, 7) is 1.35. The van der Waals surface area contributed by atoms with Gasteiger partial charge in [-0.2, -0.15) is 5.26 Å². The third-order valence-electron chi connectivity index (χ3n) is 5.19. The molecule has 0 aliphatic carbocycles. The molecule has 0 unspecified atom stereocenters. The minimum atomic E-state index is -3.68. The Bertz CT molecular complexity index is 833. The van der Waals surface area contributed by atoms with Gasteiger partial charge < -0.3 is 10.1 Å². The number of sulfone groups is 1. The summed E-state index contributed by atoms with van der Waals surface area (Å²) in [6, 6.07) is 7.77. The Morgan fingerprint density at radius 3 is 2.70 bits per heavy atom. The second-order valence-corrected chi connectivity index (χ2v) is 9.37. The summed E-state index contributed by atoms with van der Waals surface area (Å²) in [4.78, 5) is 14.6. The SMILES string of the molecule is N#CCNC(=O)[C@@H]1C[C@@H](S(=O)(=O)c2ccccc2Cl)CN1C1CCOCC1. The Labute approximate surface area is 164 Å². The molecule has 9 heteroatoms. The fourth-order valence-electron chi connectivity index (χ4n) is 3.82. The van der Waals surface area contributed by atoms with Crippen LogP contribution in [-0.2, 0) is 19.4 Å².